The summed E-state index contributed by atoms with van der Waals surface area (Å²) in [7, 11) is 5.24. The molecule has 2 aliphatic rings. The van der Waals surface area contributed by atoms with E-state index < -0.39 is 84.6 Å². The minimum atomic E-state index is -1.93. The van der Waals surface area contributed by atoms with Gasteiger partial charge in [-0.15, -0.1) is 11.3 Å². The number of nitrogens with two attached hydrogens (primary N) is 1. The molecule has 5 rings (SSSR count). The molecule has 13 atom stereocenters. The summed E-state index contributed by atoms with van der Waals surface area (Å²) < 4.78 is 17.4. The fourth-order valence-electron chi connectivity index (χ4n) is 9.92. The number of benzene rings is 2. The van der Waals surface area contributed by atoms with Gasteiger partial charge in [0.2, 0.25) is 18.1 Å². The number of thiazole rings is 1. The van der Waals surface area contributed by atoms with Gasteiger partial charge in [0.05, 0.1) is 25.2 Å². The van der Waals surface area contributed by atoms with Crippen LogP contribution in [0.15, 0.2) is 53.9 Å². The van der Waals surface area contributed by atoms with Crippen molar-refractivity contribution >= 4 is 52.6 Å². The SMILES string of the molecule is CC[C@H](C)[C@H](NC(=O)[C@H]1CCCC[N+]1(C)Cc1ccc(O[C@@H]2O[C@H](C(=O)O)[C@@H](O)[C@H](O)[C@H]2O)c(NC(=O)CCN)c1)C(=O)N(C)[C@H](C[C@@H](OC)c1nc(C(=O)N[C@@H](Cc2ccccc2)C[C@H](C)C(=O)O)cs1)C(C)C. The van der Waals surface area contributed by atoms with Crippen LogP contribution in [0.3, 0.4) is 0 Å². The van der Waals surface area contributed by atoms with Crippen LogP contribution in [0.2, 0.25) is 0 Å². The Labute approximate surface area is 442 Å². The number of aromatic nitrogens is 1. The summed E-state index contributed by atoms with van der Waals surface area (Å²) in [6, 6.07) is 12.0. The summed E-state index contributed by atoms with van der Waals surface area (Å²) >= 11 is 1.26. The van der Waals surface area contributed by atoms with Crippen molar-refractivity contribution in [1.82, 2.24) is 20.5 Å². The first-order valence-electron chi connectivity index (χ1n) is 25.7. The number of carboxylic acid groups (broad SMARTS) is 2. The molecule has 4 amide bonds. The third-order valence-corrected chi connectivity index (χ3v) is 15.6. The zero-order valence-electron chi connectivity index (χ0n) is 44.2. The van der Waals surface area contributed by atoms with Crippen molar-refractivity contribution in [2.24, 2.45) is 23.5 Å². The molecule has 0 radical (unpaired) electrons. The van der Waals surface area contributed by atoms with E-state index in [9.17, 15) is 54.3 Å². The van der Waals surface area contributed by atoms with Gasteiger partial charge in [-0.1, -0.05) is 71.4 Å². The van der Waals surface area contributed by atoms with E-state index in [0.717, 1.165) is 18.4 Å². The van der Waals surface area contributed by atoms with Gasteiger partial charge in [-0.25, -0.2) is 9.78 Å². The number of anilines is 1. The Morgan fingerprint density at radius 3 is 2.28 bits per heavy atom. The summed E-state index contributed by atoms with van der Waals surface area (Å²) in [5.74, 6) is -5.04. The standard InChI is InChI=1S/C53H77N7O14S/c1-9-30(4)42(50(67)59(6)37(29(2)3)26-40(72-8)49-57-36(28-75-49)47(65)55-34(23-31(5)51(68)69)24-32-15-11-10-12-16-32)58-48(66)38-17-13-14-22-60(38,7)27-33-18-19-39(35(25-33)56-41(61)20-21-54)73-53-45(64)43(62)44(63)46(74-53)52(70)71/h10-12,15-16,18-19,25,28-31,34,37-38,40,42-46,53,62-64H,9,13-14,17,20-24,26-27,54H2,1-8H3,(H4-,55,56,58,61,65,66,68,69,70,71)/p+1/t30-,31-,34+,37+,38+,40+,42-,43-,44-,45+,46-,53+,60?/m0/s1. The fraction of sp³-hybridized carbons (Fsp3) is 0.604. The number of nitrogens with one attached hydrogen (secondary N) is 3. The van der Waals surface area contributed by atoms with Gasteiger partial charge in [0.15, 0.2) is 12.1 Å². The first kappa shape index (κ1) is 60.3. The van der Waals surface area contributed by atoms with Crippen LogP contribution in [0.5, 0.6) is 5.75 Å². The van der Waals surface area contributed by atoms with E-state index in [4.69, 9.17) is 19.9 Å². The minimum absolute atomic E-state index is 0.0277. The largest absolute Gasteiger partial charge is 0.481 e. The molecule has 2 aromatic carbocycles. The molecule has 2 saturated heterocycles. The van der Waals surface area contributed by atoms with Gasteiger partial charge in [0, 0.05) is 63.0 Å². The zero-order chi connectivity index (χ0) is 55.3. The van der Waals surface area contributed by atoms with Crippen LogP contribution < -0.4 is 26.4 Å². The van der Waals surface area contributed by atoms with Crippen molar-refractivity contribution < 1.29 is 73.0 Å². The van der Waals surface area contributed by atoms with Crippen molar-refractivity contribution in [3.8, 4) is 5.75 Å². The molecule has 3 heterocycles. The molecule has 0 aliphatic carbocycles. The third-order valence-electron chi connectivity index (χ3n) is 14.6. The Balaban J connectivity index is 1.32. The van der Waals surface area contributed by atoms with Crippen molar-refractivity contribution in [2.75, 3.05) is 39.6 Å². The molecule has 1 aromatic heterocycles. The molecule has 3 aromatic rings. The molecule has 2 fully saturated rings. The smallest absolute Gasteiger partial charge is 0.335 e. The molecule has 21 nitrogen and oxygen atoms in total. The fourth-order valence-corrected chi connectivity index (χ4v) is 10.8. The first-order chi connectivity index (χ1) is 35.5. The number of aliphatic carboxylic acids is 2. The normalized spacial score (nSPS) is 24.2. The maximum Gasteiger partial charge on any atom is 0.335 e. The lowest BCUT2D eigenvalue weighted by molar-refractivity contribution is -0.942. The number of nitrogens with zero attached hydrogens (tertiary/aromatic N) is 3. The van der Waals surface area contributed by atoms with Gasteiger partial charge in [-0.3, -0.25) is 24.0 Å². The topological polar surface area (TPSA) is 310 Å². The van der Waals surface area contributed by atoms with Crippen LogP contribution in [-0.4, -0.2) is 165 Å². The van der Waals surface area contributed by atoms with Crippen LogP contribution in [0.1, 0.15) is 112 Å². The molecular formula is C53H78N7O14S+. The minimum Gasteiger partial charge on any atom is -0.481 e. The number of carboxylic acids is 2. The molecule has 414 valence electrons. The van der Waals surface area contributed by atoms with E-state index >= 15 is 0 Å². The van der Waals surface area contributed by atoms with Gasteiger partial charge in [0.1, 0.15) is 53.5 Å². The van der Waals surface area contributed by atoms with Crippen LogP contribution in [0, 0.1) is 17.8 Å². The monoisotopic (exact) mass is 1070 g/mol. The molecule has 22 heteroatoms. The number of likely N-dealkylation sites (N-methyl/N-ethyl adjacent to an activating group) is 2. The average molecular weight is 1070 g/mol. The van der Waals surface area contributed by atoms with E-state index in [2.05, 4.69) is 20.9 Å². The van der Waals surface area contributed by atoms with Gasteiger partial charge in [-0.2, -0.15) is 0 Å². The third kappa shape index (κ3) is 15.7. The lowest BCUT2D eigenvalue weighted by Crippen LogP contribution is -2.63. The van der Waals surface area contributed by atoms with Crippen molar-refractivity contribution in [2.45, 2.75) is 154 Å². The number of hydrogen-bond donors (Lipinski definition) is 9. The van der Waals surface area contributed by atoms with E-state index in [-0.39, 0.29) is 70.7 Å². The maximum absolute atomic E-state index is 14.8. The molecular weight excluding hydrogens is 991 g/mol. The number of aliphatic hydroxyl groups excluding tert-OH is 3. The van der Waals surface area contributed by atoms with E-state index in [0.29, 0.717) is 49.3 Å². The van der Waals surface area contributed by atoms with Gasteiger partial charge in [0.25, 0.3) is 11.8 Å². The van der Waals surface area contributed by atoms with E-state index in [1.54, 1.807) is 43.5 Å². The predicted octanol–water partition coefficient (Wildman–Crippen LogP) is 3.44. The number of rotatable bonds is 26. The number of quaternary nitrogens is 1. The number of hydrogen-bond acceptors (Lipinski definition) is 15. The molecule has 0 spiro atoms. The summed E-state index contributed by atoms with van der Waals surface area (Å²) in [5, 5.41) is 61.6. The van der Waals surface area contributed by atoms with Crippen LogP contribution in [0.25, 0.3) is 0 Å². The highest BCUT2D eigenvalue weighted by molar-refractivity contribution is 7.09. The number of carbonyl (C=O) groups excluding carboxylic acids is 4. The van der Waals surface area contributed by atoms with Crippen molar-refractivity contribution in [3.63, 3.8) is 0 Å². The van der Waals surface area contributed by atoms with E-state index in [1.165, 1.54) is 17.4 Å². The second kappa shape index (κ2) is 27.5. The number of likely N-dealkylation sites (tertiary alicyclic amines) is 1. The molecule has 0 saturated carbocycles. The van der Waals surface area contributed by atoms with Crippen molar-refractivity contribution in [3.05, 3.63) is 75.7 Å². The van der Waals surface area contributed by atoms with Gasteiger partial charge >= 0.3 is 11.9 Å². The van der Waals surface area contributed by atoms with E-state index in [1.807, 2.05) is 65.1 Å². The number of methoxy groups -OCH3 is 1. The van der Waals surface area contributed by atoms with Crippen molar-refractivity contribution in [1.29, 1.82) is 0 Å². The Bertz CT molecular complexity index is 2410. The predicted molar refractivity (Wildman–Crippen MR) is 278 cm³/mol. The Kier molecular flexibility index (Phi) is 22.1. The van der Waals surface area contributed by atoms with Crippen LogP contribution >= 0.6 is 11.3 Å². The lowest BCUT2D eigenvalue weighted by atomic mass is 9.92. The second-order valence-corrected chi connectivity index (χ2v) is 21.5. The maximum atomic E-state index is 14.8. The number of amides is 4. The summed E-state index contributed by atoms with van der Waals surface area (Å²) in [4.78, 5) is 85.9. The highest BCUT2D eigenvalue weighted by atomic mass is 32.1. The van der Waals surface area contributed by atoms with Crippen LogP contribution in [-0.2, 0) is 46.4 Å². The lowest BCUT2D eigenvalue weighted by Gasteiger charge is -2.44. The van der Waals surface area contributed by atoms with Gasteiger partial charge in [-0.05, 0) is 61.3 Å². The highest BCUT2D eigenvalue weighted by Crippen LogP contribution is 2.35. The zero-order valence-corrected chi connectivity index (χ0v) is 45.0. The molecule has 1 unspecified atom stereocenters. The first-order valence-corrected chi connectivity index (χ1v) is 26.6. The summed E-state index contributed by atoms with van der Waals surface area (Å²) in [6.45, 7) is 10.4. The number of aliphatic hydroxyl groups is 3. The Morgan fingerprint density at radius 1 is 0.947 bits per heavy atom. The molecule has 2 aliphatic heterocycles. The highest BCUT2D eigenvalue weighted by Gasteiger charge is 2.49. The quantitative estimate of drug-likeness (QED) is 0.0520. The Hall–Kier alpha value is -5.59. The number of carbonyl (C=O) groups is 6. The second-order valence-electron chi connectivity index (χ2n) is 20.6. The summed E-state index contributed by atoms with van der Waals surface area (Å²) in [5.41, 5.74) is 7.59. The van der Waals surface area contributed by atoms with Gasteiger partial charge < -0.3 is 70.8 Å². The average Bonchev–Trinajstić information content (AvgIpc) is 3.86. The Morgan fingerprint density at radius 2 is 1.65 bits per heavy atom. The molecule has 0 bridgehead atoms. The van der Waals surface area contributed by atoms with Crippen LogP contribution in [0.4, 0.5) is 5.69 Å². The molecule has 75 heavy (non-hydrogen) atoms. The summed E-state index contributed by atoms with van der Waals surface area (Å²) in [6.07, 6.45) is -6.30. The number of ether oxygens (including phenoxy) is 3. The molecule has 10 N–H and O–H groups in total. The number of piperidine rings is 1.